The molecule has 124 valence electrons. The molecule has 0 aromatic heterocycles. The second-order valence-electron chi connectivity index (χ2n) is 4.90. The normalized spacial score (nSPS) is 21.3. The van der Waals surface area contributed by atoms with Crippen molar-refractivity contribution in [1.29, 1.82) is 0 Å². The Morgan fingerprint density at radius 3 is 2.61 bits per heavy atom. The molecule has 7 nitrogen and oxygen atoms in total. The number of alkyl halides is 3. The number of nitro groups is 1. The van der Waals surface area contributed by atoms with Gasteiger partial charge < -0.3 is 5.11 Å². The SMILES string of the molecule is CCC1=NN(C(=O)c2ccccc2[N+](=O)[O-])[C@](O)(C(F)(F)F)C1. The van der Waals surface area contributed by atoms with Gasteiger partial charge in [0, 0.05) is 18.2 Å². The Morgan fingerprint density at radius 2 is 2.09 bits per heavy atom. The zero-order valence-electron chi connectivity index (χ0n) is 11.9. The van der Waals surface area contributed by atoms with E-state index in [2.05, 4.69) is 5.10 Å². The van der Waals surface area contributed by atoms with Crippen LogP contribution in [0, 0.1) is 10.1 Å². The predicted octanol–water partition coefficient (Wildman–Crippen LogP) is 2.46. The second kappa shape index (κ2) is 5.61. The standard InChI is InChI=1S/C13H12F3N3O4/c1-2-8-7-12(21,13(14,15)16)18(17-8)11(20)9-5-3-4-6-10(9)19(22)23/h3-6,21H,2,7H2,1H3/t12-/m1/s1. The van der Waals surface area contributed by atoms with E-state index < -0.39 is 40.4 Å². The number of carbonyl (C=O) groups is 1. The number of para-hydroxylation sites is 1. The monoisotopic (exact) mass is 331 g/mol. The minimum atomic E-state index is -5.16. The van der Waals surface area contributed by atoms with Gasteiger partial charge in [-0.3, -0.25) is 14.9 Å². The maximum atomic E-state index is 13.2. The van der Waals surface area contributed by atoms with Crippen LogP contribution in [-0.4, -0.2) is 38.6 Å². The van der Waals surface area contributed by atoms with Gasteiger partial charge in [-0.05, 0) is 12.5 Å². The minimum Gasteiger partial charge on any atom is -0.362 e. The highest BCUT2D eigenvalue weighted by Gasteiger charge is 2.63. The lowest BCUT2D eigenvalue weighted by Gasteiger charge is -2.32. The molecule has 1 atom stereocenters. The smallest absolute Gasteiger partial charge is 0.362 e. The van der Waals surface area contributed by atoms with Crippen LogP contribution < -0.4 is 0 Å². The van der Waals surface area contributed by atoms with Crippen molar-refractivity contribution in [2.75, 3.05) is 0 Å². The summed E-state index contributed by atoms with van der Waals surface area (Å²) in [5.41, 5.74) is -4.79. The third-order valence-electron chi connectivity index (χ3n) is 3.43. The molecule has 0 saturated heterocycles. The van der Waals surface area contributed by atoms with Crippen LogP contribution in [0.25, 0.3) is 0 Å². The van der Waals surface area contributed by atoms with Crippen LogP contribution in [0.3, 0.4) is 0 Å². The average molecular weight is 331 g/mol. The summed E-state index contributed by atoms with van der Waals surface area (Å²) >= 11 is 0. The molecule has 0 unspecified atom stereocenters. The maximum absolute atomic E-state index is 13.2. The van der Waals surface area contributed by atoms with Crippen LogP contribution in [0.15, 0.2) is 29.4 Å². The van der Waals surface area contributed by atoms with E-state index in [1.165, 1.54) is 19.1 Å². The molecule has 1 aromatic carbocycles. The van der Waals surface area contributed by atoms with Crippen molar-refractivity contribution >= 4 is 17.3 Å². The summed E-state index contributed by atoms with van der Waals surface area (Å²) in [5, 5.41) is 24.3. The maximum Gasteiger partial charge on any atom is 0.438 e. The molecule has 0 saturated carbocycles. The number of nitrogens with zero attached hydrogens (tertiary/aromatic N) is 3. The Morgan fingerprint density at radius 1 is 1.48 bits per heavy atom. The summed E-state index contributed by atoms with van der Waals surface area (Å²) < 4.78 is 39.6. The summed E-state index contributed by atoms with van der Waals surface area (Å²) in [5.74, 6) is -1.39. The Labute approximate surface area is 128 Å². The molecule has 2 rings (SSSR count). The van der Waals surface area contributed by atoms with Crippen molar-refractivity contribution in [3.63, 3.8) is 0 Å². The van der Waals surface area contributed by atoms with Gasteiger partial charge >= 0.3 is 6.18 Å². The van der Waals surface area contributed by atoms with Crippen molar-refractivity contribution in [2.24, 2.45) is 5.10 Å². The van der Waals surface area contributed by atoms with Gasteiger partial charge in [0.2, 0.25) is 0 Å². The molecule has 0 aliphatic carbocycles. The third kappa shape index (κ3) is 2.77. The summed E-state index contributed by atoms with van der Waals surface area (Å²) in [6, 6.07) is 4.54. The second-order valence-corrected chi connectivity index (χ2v) is 4.90. The lowest BCUT2D eigenvalue weighted by Crippen LogP contribution is -2.56. The molecule has 0 fully saturated rings. The van der Waals surface area contributed by atoms with E-state index in [0.717, 1.165) is 12.1 Å². The summed E-state index contributed by atoms with van der Waals surface area (Å²) in [7, 11) is 0. The fraction of sp³-hybridized carbons (Fsp3) is 0.385. The van der Waals surface area contributed by atoms with E-state index in [0.29, 0.717) is 0 Å². The molecule has 0 radical (unpaired) electrons. The van der Waals surface area contributed by atoms with E-state index in [4.69, 9.17) is 0 Å². The van der Waals surface area contributed by atoms with Crippen LogP contribution in [-0.2, 0) is 0 Å². The number of hydrogen-bond donors (Lipinski definition) is 1. The number of aliphatic hydroxyl groups is 1. The number of benzene rings is 1. The van der Waals surface area contributed by atoms with Crippen molar-refractivity contribution in [1.82, 2.24) is 5.01 Å². The number of nitro benzene ring substituents is 1. The molecular weight excluding hydrogens is 319 g/mol. The van der Waals surface area contributed by atoms with E-state index in [1.807, 2.05) is 0 Å². The summed E-state index contributed by atoms with van der Waals surface area (Å²) in [4.78, 5) is 22.4. The zero-order chi connectivity index (χ0) is 17.4. The van der Waals surface area contributed by atoms with Gasteiger partial charge in [0.25, 0.3) is 17.3 Å². The Kier molecular flexibility index (Phi) is 4.12. The van der Waals surface area contributed by atoms with E-state index in [1.54, 1.807) is 0 Å². The first-order valence-corrected chi connectivity index (χ1v) is 6.55. The van der Waals surface area contributed by atoms with E-state index in [9.17, 15) is 33.2 Å². The third-order valence-corrected chi connectivity index (χ3v) is 3.43. The number of hydrazone groups is 1. The molecule has 1 heterocycles. The number of rotatable bonds is 3. The Balaban J connectivity index is 2.52. The van der Waals surface area contributed by atoms with Crippen molar-refractivity contribution in [3.05, 3.63) is 39.9 Å². The highest BCUT2D eigenvalue weighted by molar-refractivity contribution is 6.01. The molecule has 1 aliphatic heterocycles. The first-order valence-electron chi connectivity index (χ1n) is 6.55. The zero-order valence-corrected chi connectivity index (χ0v) is 11.9. The number of carbonyl (C=O) groups excluding carboxylic acids is 1. The average Bonchev–Trinajstić information content (AvgIpc) is 2.84. The molecule has 1 amide bonds. The lowest BCUT2D eigenvalue weighted by atomic mass is 10.0. The first kappa shape index (κ1) is 16.9. The number of hydrogen-bond acceptors (Lipinski definition) is 5. The van der Waals surface area contributed by atoms with Gasteiger partial charge in [-0.25, -0.2) is 0 Å². The number of halogens is 3. The first-order chi connectivity index (χ1) is 10.6. The van der Waals surface area contributed by atoms with Gasteiger partial charge in [0.05, 0.1) is 4.92 Å². The van der Waals surface area contributed by atoms with Gasteiger partial charge in [0.15, 0.2) is 0 Å². The van der Waals surface area contributed by atoms with Gasteiger partial charge in [-0.2, -0.15) is 23.3 Å². The highest BCUT2D eigenvalue weighted by Crippen LogP contribution is 2.41. The van der Waals surface area contributed by atoms with Gasteiger partial charge in [-0.15, -0.1) is 0 Å². The van der Waals surface area contributed by atoms with Crippen LogP contribution in [0.2, 0.25) is 0 Å². The van der Waals surface area contributed by atoms with E-state index >= 15 is 0 Å². The van der Waals surface area contributed by atoms with Crippen LogP contribution in [0.1, 0.15) is 30.1 Å². The molecule has 23 heavy (non-hydrogen) atoms. The quantitative estimate of drug-likeness (QED) is 0.680. The predicted molar refractivity (Wildman–Crippen MR) is 72.6 cm³/mol. The van der Waals surface area contributed by atoms with Crippen molar-refractivity contribution in [3.8, 4) is 0 Å². The van der Waals surface area contributed by atoms with Crippen molar-refractivity contribution < 1.29 is 28.0 Å². The van der Waals surface area contributed by atoms with Crippen LogP contribution in [0.5, 0.6) is 0 Å². The molecule has 1 aromatic rings. The molecule has 10 heteroatoms. The largest absolute Gasteiger partial charge is 0.438 e. The molecule has 0 spiro atoms. The van der Waals surface area contributed by atoms with Gasteiger partial charge in [0.1, 0.15) is 5.56 Å². The molecule has 1 N–H and O–H groups in total. The highest BCUT2D eigenvalue weighted by atomic mass is 19.4. The Bertz CT molecular complexity index is 689. The van der Waals surface area contributed by atoms with Crippen molar-refractivity contribution in [2.45, 2.75) is 31.7 Å². The molecule has 0 bridgehead atoms. The number of amides is 1. The molecular formula is C13H12F3N3O4. The van der Waals surface area contributed by atoms with Crippen LogP contribution in [0.4, 0.5) is 18.9 Å². The minimum absolute atomic E-state index is 0.0308. The summed E-state index contributed by atoms with van der Waals surface area (Å²) in [6.07, 6.45) is -5.95. The fourth-order valence-corrected chi connectivity index (χ4v) is 2.18. The van der Waals surface area contributed by atoms with Gasteiger partial charge in [-0.1, -0.05) is 19.1 Å². The summed E-state index contributed by atoms with van der Waals surface area (Å²) in [6.45, 7) is 1.52. The van der Waals surface area contributed by atoms with E-state index in [-0.39, 0.29) is 17.1 Å². The molecule has 1 aliphatic rings. The van der Waals surface area contributed by atoms with Crippen LogP contribution >= 0.6 is 0 Å². The topological polar surface area (TPSA) is 96.0 Å². The lowest BCUT2D eigenvalue weighted by molar-refractivity contribution is -0.385. The fourth-order valence-electron chi connectivity index (χ4n) is 2.18. The Hall–Kier alpha value is -2.49.